The topological polar surface area (TPSA) is 62.3 Å². The first kappa shape index (κ1) is 23.1. The van der Waals surface area contributed by atoms with E-state index in [1.54, 1.807) is 23.2 Å². The third-order valence-electron chi connectivity index (χ3n) is 6.30. The molecule has 0 bridgehead atoms. The average molecular weight is 472 g/mol. The van der Waals surface area contributed by atoms with Crippen molar-refractivity contribution in [1.82, 2.24) is 9.88 Å². The summed E-state index contributed by atoms with van der Waals surface area (Å²) in [6.45, 7) is 2.90. The molecule has 172 valence electrons. The summed E-state index contributed by atoms with van der Waals surface area (Å²) in [6, 6.07) is 9.96. The lowest BCUT2D eigenvalue weighted by molar-refractivity contribution is -0.122. The summed E-state index contributed by atoms with van der Waals surface area (Å²) < 4.78 is 27.8. The second kappa shape index (κ2) is 9.83. The molecule has 1 atom stereocenters. The van der Waals surface area contributed by atoms with E-state index in [9.17, 15) is 18.4 Å². The highest BCUT2D eigenvalue weighted by atomic mass is 35.5. The van der Waals surface area contributed by atoms with Crippen LogP contribution in [0, 0.1) is 23.5 Å². The Morgan fingerprint density at radius 3 is 2.61 bits per heavy atom. The van der Waals surface area contributed by atoms with Crippen LogP contribution in [0.25, 0.3) is 10.9 Å². The van der Waals surface area contributed by atoms with Gasteiger partial charge in [-0.3, -0.25) is 14.6 Å². The lowest BCUT2D eigenvalue weighted by atomic mass is 9.82. The molecule has 3 aromatic rings. The normalized spacial score (nSPS) is 15.5. The van der Waals surface area contributed by atoms with Crippen molar-refractivity contribution in [3.05, 3.63) is 70.9 Å². The van der Waals surface area contributed by atoms with Crippen molar-refractivity contribution in [2.75, 3.05) is 18.4 Å². The van der Waals surface area contributed by atoms with Crippen LogP contribution < -0.4 is 5.32 Å². The molecule has 5 nitrogen and oxygen atoms in total. The van der Waals surface area contributed by atoms with E-state index in [2.05, 4.69) is 10.3 Å². The first-order valence-corrected chi connectivity index (χ1v) is 11.3. The van der Waals surface area contributed by atoms with Crippen LogP contribution in [0.2, 0.25) is 5.02 Å². The molecule has 1 fully saturated rings. The van der Waals surface area contributed by atoms with Gasteiger partial charge in [-0.15, -0.1) is 0 Å². The maximum atomic E-state index is 14.1. The van der Waals surface area contributed by atoms with Crippen LogP contribution in [0.15, 0.2) is 48.7 Å². The van der Waals surface area contributed by atoms with Gasteiger partial charge in [0.1, 0.15) is 11.6 Å². The van der Waals surface area contributed by atoms with Crippen molar-refractivity contribution in [2.24, 2.45) is 11.8 Å². The third-order valence-corrected chi connectivity index (χ3v) is 6.53. The molecule has 2 aromatic carbocycles. The molecule has 1 saturated heterocycles. The molecule has 2 amide bonds. The van der Waals surface area contributed by atoms with Crippen molar-refractivity contribution in [3.8, 4) is 0 Å². The van der Waals surface area contributed by atoms with Crippen LogP contribution in [-0.4, -0.2) is 34.8 Å². The van der Waals surface area contributed by atoms with Gasteiger partial charge in [-0.05, 0) is 67.6 Å². The Bertz CT molecular complexity index is 1200. The number of likely N-dealkylation sites (tertiary alicyclic amines) is 1. The van der Waals surface area contributed by atoms with Crippen LogP contribution in [0.1, 0.15) is 36.5 Å². The molecule has 1 N–H and O–H groups in total. The number of carbonyl (C=O) groups is 2. The maximum absolute atomic E-state index is 14.1. The lowest BCUT2D eigenvalue weighted by Gasteiger charge is -2.35. The number of amides is 2. The first-order chi connectivity index (χ1) is 15.9. The molecule has 1 aromatic heterocycles. The highest BCUT2D eigenvalue weighted by molar-refractivity contribution is 6.30. The Hall–Kier alpha value is -3.06. The molecule has 2 heterocycles. The molecule has 1 aliphatic heterocycles. The zero-order valence-corrected chi connectivity index (χ0v) is 18.9. The minimum absolute atomic E-state index is 0.0704. The van der Waals surface area contributed by atoms with E-state index in [-0.39, 0.29) is 34.4 Å². The molecule has 1 aliphatic rings. The van der Waals surface area contributed by atoms with Crippen molar-refractivity contribution in [2.45, 2.75) is 26.2 Å². The lowest BCUT2D eigenvalue weighted by Crippen LogP contribution is -2.42. The zero-order valence-electron chi connectivity index (χ0n) is 18.2. The fourth-order valence-electron chi connectivity index (χ4n) is 4.53. The molecule has 0 saturated carbocycles. The monoisotopic (exact) mass is 471 g/mol. The average Bonchev–Trinajstić information content (AvgIpc) is 2.81. The number of anilines is 1. The molecular weight excluding hydrogens is 448 g/mol. The van der Waals surface area contributed by atoms with E-state index in [1.807, 2.05) is 6.92 Å². The van der Waals surface area contributed by atoms with Crippen LogP contribution in [0.3, 0.4) is 0 Å². The molecular formula is C25H24ClF2N3O2. The number of nitrogens with one attached hydrogen (secondary N) is 1. The molecule has 33 heavy (non-hydrogen) atoms. The van der Waals surface area contributed by atoms with E-state index in [0.29, 0.717) is 48.8 Å². The van der Waals surface area contributed by atoms with E-state index in [4.69, 9.17) is 11.6 Å². The van der Waals surface area contributed by atoms with Gasteiger partial charge in [0, 0.05) is 35.6 Å². The van der Waals surface area contributed by atoms with Crippen molar-refractivity contribution < 1.29 is 18.4 Å². The highest BCUT2D eigenvalue weighted by Crippen LogP contribution is 2.30. The van der Waals surface area contributed by atoms with Gasteiger partial charge in [0.2, 0.25) is 5.91 Å². The quantitative estimate of drug-likeness (QED) is 0.520. The van der Waals surface area contributed by atoms with Crippen molar-refractivity contribution >= 4 is 40.0 Å². The Morgan fingerprint density at radius 2 is 1.91 bits per heavy atom. The summed E-state index contributed by atoms with van der Waals surface area (Å²) in [7, 11) is 0. The number of pyridine rings is 1. The fourth-order valence-corrected chi connectivity index (χ4v) is 4.69. The molecule has 0 aliphatic carbocycles. The summed E-state index contributed by atoms with van der Waals surface area (Å²) in [5, 5.41) is 3.43. The fraction of sp³-hybridized carbons (Fsp3) is 0.320. The third kappa shape index (κ3) is 4.98. The van der Waals surface area contributed by atoms with Crippen molar-refractivity contribution in [3.63, 3.8) is 0 Å². The molecule has 0 spiro atoms. The number of hydrogen-bond donors (Lipinski definition) is 1. The number of rotatable bonds is 5. The van der Waals surface area contributed by atoms with Gasteiger partial charge < -0.3 is 10.2 Å². The first-order valence-electron chi connectivity index (χ1n) is 11.0. The van der Waals surface area contributed by atoms with E-state index < -0.39 is 11.6 Å². The summed E-state index contributed by atoms with van der Waals surface area (Å²) >= 11 is 5.78. The standard InChI is InChI=1S/C25H24ClF2N3O2/c1-2-18(24(32)30-23-5-3-16(26)13-21(23)28)15-8-11-31(12-9-15)25(33)19-7-10-29-22-6-4-17(27)14-20(19)22/h3-7,10,13-15,18H,2,8-9,11-12H2,1H3,(H,30,32)/t18-/m0/s1. The van der Waals surface area contributed by atoms with Crippen LogP contribution in [-0.2, 0) is 4.79 Å². The number of benzene rings is 2. The van der Waals surface area contributed by atoms with Gasteiger partial charge in [-0.2, -0.15) is 0 Å². The predicted octanol–water partition coefficient (Wildman–Crippen LogP) is 5.68. The number of piperidine rings is 1. The predicted molar refractivity (Wildman–Crippen MR) is 124 cm³/mol. The highest BCUT2D eigenvalue weighted by Gasteiger charge is 2.32. The van der Waals surface area contributed by atoms with Gasteiger partial charge in [-0.25, -0.2) is 8.78 Å². The number of nitrogens with zero attached hydrogens (tertiary/aromatic N) is 2. The zero-order chi connectivity index (χ0) is 23.5. The SMILES string of the molecule is CC[C@H](C(=O)Nc1ccc(Cl)cc1F)C1CCN(C(=O)c2ccnc3ccc(F)cc23)CC1. The summed E-state index contributed by atoms with van der Waals surface area (Å²) in [4.78, 5) is 32.0. The minimum Gasteiger partial charge on any atom is -0.339 e. The van der Waals surface area contributed by atoms with Gasteiger partial charge in [-0.1, -0.05) is 18.5 Å². The van der Waals surface area contributed by atoms with Gasteiger partial charge >= 0.3 is 0 Å². The van der Waals surface area contributed by atoms with E-state index >= 15 is 0 Å². The Kier molecular flexibility index (Phi) is 6.88. The van der Waals surface area contributed by atoms with E-state index in [1.165, 1.54) is 24.3 Å². The molecule has 4 rings (SSSR count). The second-order valence-corrected chi connectivity index (χ2v) is 8.71. The number of hydrogen-bond acceptors (Lipinski definition) is 3. The van der Waals surface area contributed by atoms with E-state index in [0.717, 1.165) is 6.07 Å². The summed E-state index contributed by atoms with van der Waals surface area (Å²) in [6.07, 6.45) is 3.46. The molecule has 0 radical (unpaired) electrons. The number of halogens is 3. The van der Waals surface area contributed by atoms with Crippen LogP contribution >= 0.6 is 11.6 Å². The number of carbonyl (C=O) groups excluding carboxylic acids is 2. The molecule has 8 heteroatoms. The number of fused-ring (bicyclic) bond motifs is 1. The van der Waals surface area contributed by atoms with Gasteiger partial charge in [0.05, 0.1) is 16.8 Å². The van der Waals surface area contributed by atoms with Crippen LogP contribution in [0.5, 0.6) is 0 Å². The summed E-state index contributed by atoms with van der Waals surface area (Å²) in [5.41, 5.74) is 1.09. The Labute approximate surface area is 195 Å². The Balaban J connectivity index is 1.43. The minimum atomic E-state index is -0.577. The smallest absolute Gasteiger partial charge is 0.254 e. The number of aromatic nitrogens is 1. The van der Waals surface area contributed by atoms with Gasteiger partial charge in [0.25, 0.3) is 5.91 Å². The second-order valence-electron chi connectivity index (χ2n) is 8.28. The largest absolute Gasteiger partial charge is 0.339 e. The van der Waals surface area contributed by atoms with Gasteiger partial charge in [0.15, 0.2) is 0 Å². The van der Waals surface area contributed by atoms with Crippen molar-refractivity contribution in [1.29, 1.82) is 0 Å². The van der Waals surface area contributed by atoms with Crippen LogP contribution in [0.4, 0.5) is 14.5 Å². The maximum Gasteiger partial charge on any atom is 0.254 e. The molecule has 0 unspecified atom stereocenters. The summed E-state index contributed by atoms with van der Waals surface area (Å²) in [5.74, 6) is -1.63. The Morgan fingerprint density at radius 1 is 1.15 bits per heavy atom.